The van der Waals surface area contributed by atoms with Crippen LogP contribution in [-0.4, -0.2) is 7.05 Å². The Kier molecular flexibility index (Phi) is 3.86. The van der Waals surface area contributed by atoms with Gasteiger partial charge in [-0.05, 0) is 43.5 Å². The molecule has 0 radical (unpaired) electrons. The van der Waals surface area contributed by atoms with Crippen molar-refractivity contribution in [1.29, 1.82) is 0 Å². The summed E-state index contributed by atoms with van der Waals surface area (Å²) in [6, 6.07) is 4.16. The van der Waals surface area contributed by atoms with Crippen LogP contribution >= 0.6 is 0 Å². The molecule has 1 atom stereocenters. The molecule has 0 saturated carbocycles. The van der Waals surface area contributed by atoms with Crippen LogP contribution in [0.3, 0.4) is 0 Å². The number of hydrogen-bond donors (Lipinski definition) is 1. The molecule has 0 aliphatic heterocycles. The highest BCUT2D eigenvalue weighted by atomic mass is 19.1. The third-order valence-corrected chi connectivity index (χ3v) is 2.80. The van der Waals surface area contributed by atoms with Crippen LogP contribution < -0.4 is 5.32 Å². The highest BCUT2D eigenvalue weighted by Crippen LogP contribution is 2.24. The third kappa shape index (κ3) is 2.57. The summed E-state index contributed by atoms with van der Waals surface area (Å²) in [5.41, 5.74) is 2.63. The lowest BCUT2D eigenvalue weighted by Gasteiger charge is -2.21. The van der Waals surface area contributed by atoms with E-state index in [0.717, 1.165) is 11.1 Å². The van der Waals surface area contributed by atoms with Gasteiger partial charge >= 0.3 is 0 Å². The number of benzene rings is 1. The highest BCUT2D eigenvalue weighted by molar-refractivity contribution is 5.32. The summed E-state index contributed by atoms with van der Waals surface area (Å²) in [7, 11) is 1.94. The second-order valence-electron chi connectivity index (χ2n) is 4.48. The maximum absolute atomic E-state index is 13.5. The molecule has 0 heterocycles. The van der Waals surface area contributed by atoms with Crippen LogP contribution in [0.4, 0.5) is 4.39 Å². The van der Waals surface area contributed by atoms with E-state index in [9.17, 15) is 4.39 Å². The second kappa shape index (κ2) is 4.75. The summed E-state index contributed by atoms with van der Waals surface area (Å²) in [5, 5.41) is 3.27. The van der Waals surface area contributed by atoms with E-state index in [-0.39, 0.29) is 5.82 Å². The van der Waals surface area contributed by atoms with Crippen molar-refractivity contribution in [2.75, 3.05) is 7.05 Å². The summed E-state index contributed by atoms with van der Waals surface area (Å²) in [5.74, 6) is 0.414. The normalized spacial score (nSPS) is 13.3. The molecule has 0 amide bonds. The van der Waals surface area contributed by atoms with Crippen molar-refractivity contribution >= 4 is 0 Å². The fourth-order valence-corrected chi connectivity index (χ4v) is 2.04. The Morgan fingerprint density at radius 1 is 1.13 bits per heavy atom. The van der Waals surface area contributed by atoms with Crippen molar-refractivity contribution in [1.82, 2.24) is 5.32 Å². The molecule has 1 unspecified atom stereocenters. The first kappa shape index (κ1) is 12.2. The zero-order valence-electron chi connectivity index (χ0n) is 10.2. The third-order valence-electron chi connectivity index (χ3n) is 2.80. The Balaban J connectivity index is 3.14. The van der Waals surface area contributed by atoms with Gasteiger partial charge in [-0.2, -0.15) is 0 Å². The molecule has 84 valence electrons. The van der Waals surface area contributed by atoms with Gasteiger partial charge in [0.05, 0.1) is 0 Å². The first-order valence-electron chi connectivity index (χ1n) is 5.41. The molecule has 0 bridgehead atoms. The number of aryl methyl sites for hydroxylation is 2. The Bertz CT molecular complexity index is 321. The Morgan fingerprint density at radius 2 is 1.60 bits per heavy atom. The minimum Gasteiger partial charge on any atom is -0.313 e. The first-order valence-corrected chi connectivity index (χ1v) is 5.41. The van der Waals surface area contributed by atoms with Crippen molar-refractivity contribution in [3.8, 4) is 0 Å². The van der Waals surface area contributed by atoms with E-state index in [2.05, 4.69) is 19.2 Å². The van der Waals surface area contributed by atoms with E-state index in [1.165, 1.54) is 5.56 Å². The van der Waals surface area contributed by atoms with E-state index in [1.807, 2.05) is 33.0 Å². The van der Waals surface area contributed by atoms with Gasteiger partial charge in [0.2, 0.25) is 0 Å². The summed E-state index contributed by atoms with van der Waals surface area (Å²) in [4.78, 5) is 0. The molecular weight excluding hydrogens is 189 g/mol. The van der Waals surface area contributed by atoms with Gasteiger partial charge in [0, 0.05) is 6.04 Å². The largest absolute Gasteiger partial charge is 0.313 e. The van der Waals surface area contributed by atoms with E-state index in [4.69, 9.17) is 0 Å². The zero-order chi connectivity index (χ0) is 11.6. The van der Waals surface area contributed by atoms with Crippen molar-refractivity contribution in [2.45, 2.75) is 33.7 Å². The van der Waals surface area contributed by atoms with Crippen LogP contribution in [0.1, 0.15) is 36.6 Å². The van der Waals surface area contributed by atoms with Gasteiger partial charge in [0.15, 0.2) is 0 Å². The molecule has 2 heteroatoms. The fourth-order valence-electron chi connectivity index (χ4n) is 2.04. The standard InChI is InChI=1S/C13H20FN/c1-8(2)13(15-5)11-6-9(3)12(14)10(4)7-11/h6-8,13,15H,1-5H3. The predicted octanol–water partition coefficient (Wildman–Crippen LogP) is 3.36. The summed E-state index contributed by atoms with van der Waals surface area (Å²) in [6.07, 6.45) is 0. The lowest BCUT2D eigenvalue weighted by Crippen LogP contribution is -2.22. The Labute approximate surface area is 91.7 Å². The SMILES string of the molecule is CNC(c1cc(C)c(F)c(C)c1)C(C)C. The van der Waals surface area contributed by atoms with Gasteiger partial charge < -0.3 is 5.32 Å². The molecule has 0 fully saturated rings. The molecule has 0 aliphatic rings. The number of nitrogens with one attached hydrogen (secondary N) is 1. The number of halogens is 1. The molecule has 0 aromatic heterocycles. The topological polar surface area (TPSA) is 12.0 Å². The predicted molar refractivity (Wildman–Crippen MR) is 62.5 cm³/mol. The maximum Gasteiger partial charge on any atom is 0.129 e. The van der Waals surface area contributed by atoms with E-state index < -0.39 is 0 Å². The van der Waals surface area contributed by atoms with Crippen LogP contribution in [0, 0.1) is 25.6 Å². The van der Waals surface area contributed by atoms with E-state index in [1.54, 1.807) is 0 Å². The van der Waals surface area contributed by atoms with Crippen LogP contribution in [-0.2, 0) is 0 Å². The molecule has 1 nitrogen and oxygen atoms in total. The lowest BCUT2D eigenvalue weighted by atomic mass is 9.93. The minimum absolute atomic E-state index is 0.0858. The van der Waals surface area contributed by atoms with Crippen LogP contribution in [0.2, 0.25) is 0 Å². The average molecular weight is 209 g/mol. The van der Waals surface area contributed by atoms with Crippen molar-refractivity contribution < 1.29 is 4.39 Å². The van der Waals surface area contributed by atoms with Gasteiger partial charge in [0.1, 0.15) is 5.82 Å². The summed E-state index contributed by atoms with van der Waals surface area (Å²) in [6.45, 7) is 7.96. The monoisotopic (exact) mass is 209 g/mol. The minimum atomic E-state index is -0.0858. The second-order valence-corrected chi connectivity index (χ2v) is 4.48. The summed E-state index contributed by atoms with van der Waals surface area (Å²) >= 11 is 0. The molecular formula is C13H20FN. The molecule has 1 aromatic rings. The molecule has 15 heavy (non-hydrogen) atoms. The van der Waals surface area contributed by atoms with Gasteiger partial charge in [0.25, 0.3) is 0 Å². The van der Waals surface area contributed by atoms with Crippen molar-refractivity contribution in [3.63, 3.8) is 0 Å². The van der Waals surface area contributed by atoms with Gasteiger partial charge in [-0.25, -0.2) is 4.39 Å². The number of hydrogen-bond acceptors (Lipinski definition) is 1. The molecule has 1 rings (SSSR count). The fraction of sp³-hybridized carbons (Fsp3) is 0.538. The molecule has 0 spiro atoms. The number of rotatable bonds is 3. The van der Waals surface area contributed by atoms with E-state index >= 15 is 0 Å². The molecule has 1 N–H and O–H groups in total. The highest BCUT2D eigenvalue weighted by Gasteiger charge is 2.15. The van der Waals surface area contributed by atoms with Crippen LogP contribution in [0.5, 0.6) is 0 Å². The van der Waals surface area contributed by atoms with Gasteiger partial charge in [-0.15, -0.1) is 0 Å². The van der Waals surface area contributed by atoms with E-state index in [0.29, 0.717) is 12.0 Å². The molecule has 1 aromatic carbocycles. The average Bonchev–Trinajstić information content (AvgIpc) is 2.14. The maximum atomic E-state index is 13.5. The van der Waals surface area contributed by atoms with Crippen LogP contribution in [0.15, 0.2) is 12.1 Å². The van der Waals surface area contributed by atoms with Crippen molar-refractivity contribution in [2.24, 2.45) is 5.92 Å². The van der Waals surface area contributed by atoms with Gasteiger partial charge in [-0.3, -0.25) is 0 Å². The molecule has 0 aliphatic carbocycles. The quantitative estimate of drug-likeness (QED) is 0.805. The molecule has 0 saturated heterocycles. The van der Waals surface area contributed by atoms with Crippen LogP contribution in [0.25, 0.3) is 0 Å². The Morgan fingerprint density at radius 3 is 1.93 bits per heavy atom. The van der Waals surface area contributed by atoms with Crippen molar-refractivity contribution in [3.05, 3.63) is 34.6 Å². The Hall–Kier alpha value is -0.890. The zero-order valence-corrected chi connectivity index (χ0v) is 10.2. The summed E-state index contributed by atoms with van der Waals surface area (Å²) < 4.78 is 13.5. The lowest BCUT2D eigenvalue weighted by molar-refractivity contribution is 0.441. The smallest absolute Gasteiger partial charge is 0.129 e. The first-order chi connectivity index (χ1) is 6.97. The van der Waals surface area contributed by atoms with Gasteiger partial charge in [-0.1, -0.05) is 26.0 Å².